The molecule has 3 rings (SSSR count). The van der Waals surface area contributed by atoms with Crippen LogP contribution in [-0.4, -0.2) is 20.3 Å². The average molecular weight is 293 g/mol. The first-order chi connectivity index (χ1) is 9.74. The highest BCUT2D eigenvalue weighted by atomic mass is 35.5. The van der Waals surface area contributed by atoms with E-state index in [4.69, 9.17) is 11.6 Å². The van der Waals surface area contributed by atoms with E-state index in [1.54, 1.807) is 23.0 Å². The van der Waals surface area contributed by atoms with E-state index in [1.807, 2.05) is 0 Å². The number of anilines is 1. The molecule has 2 aromatic rings. The molecule has 0 aliphatic heterocycles. The number of imidazole rings is 1. The van der Waals surface area contributed by atoms with Gasteiger partial charge in [-0.1, -0.05) is 30.9 Å². The predicted molar refractivity (Wildman–Crippen MR) is 77.8 cm³/mol. The maximum absolute atomic E-state index is 12.2. The molecule has 0 bridgehead atoms. The third kappa shape index (κ3) is 2.77. The van der Waals surface area contributed by atoms with Gasteiger partial charge in [-0.2, -0.15) is 0 Å². The van der Waals surface area contributed by atoms with Crippen LogP contribution in [-0.2, 0) is 4.79 Å². The fraction of sp³-hybridized carbons (Fsp3) is 0.500. The van der Waals surface area contributed by atoms with Crippen LogP contribution in [0.2, 0.25) is 5.15 Å². The van der Waals surface area contributed by atoms with Gasteiger partial charge in [-0.25, -0.2) is 9.97 Å². The van der Waals surface area contributed by atoms with E-state index < -0.39 is 0 Å². The zero-order valence-electron chi connectivity index (χ0n) is 11.2. The van der Waals surface area contributed by atoms with Gasteiger partial charge in [0.25, 0.3) is 0 Å². The molecule has 2 aromatic heterocycles. The highest BCUT2D eigenvalue weighted by molar-refractivity contribution is 6.32. The van der Waals surface area contributed by atoms with Crippen molar-refractivity contribution in [3.8, 4) is 0 Å². The first-order valence-electron chi connectivity index (χ1n) is 7.01. The summed E-state index contributed by atoms with van der Waals surface area (Å²) in [5, 5.41) is 3.16. The monoisotopic (exact) mass is 292 g/mol. The minimum absolute atomic E-state index is 0.00167. The minimum Gasteiger partial charge on any atom is -0.309 e. The standard InChI is InChI=1S/C14H17ClN4O/c15-13-14(19-7-6-16-11(19)9-17-13)18-12(20)8-10-4-2-1-3-5-10/h6-7,9-10H,1-5,8H2,(H,18,20). The molecule has 1 saturated carbocycles. The topological polar surface area (TPSA) is 59.3 Å². The first kappa shape index (κ1) is 13.4. The molecule has 1 N–H and O–H groups in total. The summed E-state index contributed by atoms with van der Waals surface area (Å²) in [5.74, 6) is 1.00. The number of nitrogens with one attached hydrogen (secondary N) is 1. The Morgan fingerprint density at radius 1 is 1.35 bits per heavy atom. The Labute approximate surface area is 122 Å². The Kier molecular flexibility index (Phi) is 3.87. The summed E-state index contributed by atoms with van der Waals surface area (Å²) >= 11 is 6.07. The van der Waals surface area contributed by atoms with Crippen molar-refractivity contribution in [3.05, 3.63) is 23.7 Å². The van der Waals surface area contributed by atoms with Crippen LogP contribution in [0.1, 0.15) is 38.5 Å². The fourth-order valence-electron chi connectivity index (χ4n) is 2.82. The number of hydrogen-bond acceptors (Lipinski definition) is 3. The molecule has 1 amide bonds. The SMILES string of the molecule is O=C(CC1CCCCC1)Nc1c(Cl)ncc2nccn12. The van der Waals surface area contributed by atoms with Gasteiger partial charge in [-0.05, 0) is 18.8 Å². The second-order valence-electron chi connectivity index (χ2n) is 5.31. The van der Waals surface area contributed by atoms with Crippen LogP contribution >= 0.6 is 11.6 Å². The van der Waals surface area contributed by atoms with Crippen molar-refractivity contribution in [1.29, 1.82) is 0 Å². The van der Waals surface area contributed by atoms with E-state index in [0.29, 0.717) is 23.8 Å². The van der Waals surface area contributed by atoms with Crippen molar-refractivity contribution in [2.45, 2.75) is 38.5 Å². The molecule has 1 aliphatic rings. The average Bonchev–Trinajstić information content (AvgIpc) is 2.92. The Morgan fingerprint density at radius 2 is 2.15 bits per heavy atom. The largest absolute Gasteiger partial charge is 0.309 e. The predicted octanol–water partition coefficient (Wildman–Crippen LogP) is 3.29. The lowest BCUT2D eigenvalue weighted by molar-refractivity contribution is -0.117. The fourth-order valence-corrected chi connectivity index (χ4v) is 3.01. The molecule has 0 spiro atoms. The third-order valence-corrected chi connectivity index (χ3v) is 4.13. The Morgan fingerprint density at radius 3 is 2.95 bits per heavy atom. The van der Waals surface area contributed by atoms with Gasteiger partial charge in [0.2, 0.25) is 5.91 Å². The van der Waals surface area contributed by atoms with Crippen LogP contribution in [0.3, 0.4) is 0 Å². The Hall–Kier alpha value is -1.62. The smallest absolute Gasteiger partial charge is 0.225 e. The number of amides is 1. The Bertz CT molecular complexity index is 619. The van der Waals surface area contributed by atoms with E-state index in [9.17, 15) is 4.79 Å². The summed E-state index contributed by atoms with van der Waals surface area (Å²) in [7, 11) is 0. The van der Waals surface area contributed by atoms with Gasteiger partial charge in [-0.3, -0.25) is 9.20 Å². The maximum atomic E-state index is 12.2. The number of halogens is 1. The summed E-state index contributed by atoms with van der Waals surface area (Å²) in [6, 6.07) is 0. The van der Waals surface area contributed by atoms with Gasteiger partial charge in [0, 0.05) is 18.8 Å². The van der Waals surface area contributed by atoms with E-state index in [1.165, 1.54) is 19.3 Å². The van der Waals surface area contributed by atoms with Crippen LogP contribution < -0.4 is 5.32 Å². The molecule has 1 aliphatic carbocycles. The van der Waals surface area contributed by atoms with Gasteiger partial charge in [0.15, 0.2) is 16.6 Å². The number of fused-ring (bicyclic) bond motifs is 1. The van der Waals surface area contributed by atoms with Crippen molar-refractivity contribution in [2.75, 3.05) is 5.32 Å². The first-order valence-corrected chi connectivity index (χ1v) is 7.39. The second-order valence-corrected chi connectivity index (χ2v) is 5.67. The molecule has 6 heteroatoms. The van der Waals surface area contributed by atoms with Crippen LogP contribution in [0.4, 0.5) is 5.82 Å². The molecule has 20 heavy (non-hydrogen) atoms. The molecular weight excluding hydrogens is 276 g/mol. The molecule has 5 nitrogen and oxygen atoms in total. The van der Waals surface area contributed by atoms with Gasteiger partial charge >= 0.3 is 0 Å². The molecule has 0 unspecified atom stereocenters. The summed E-state index contributed by atoms with van der Waals surface area (Å²) < 4.78 is 1.74. The lowest BCUT2D eigenvalue weighted by Gasteiger charge is -2.21. The van der Waals surface area contributed by atoms with Crippen LogP contribution in [0.15, 0.2) is 18.6 Å². The third-order valence-electron chi connectivity index (χ3n) is 3.86. The van der Waals surface area contributed by atoms with E-state index in [0.717, 1.165) is 12.8 Å². The minimum atomic E-state index is 0.00167. The summed E-state index contributed by atoms with van der Waals surface area (Å²) in [5.41, 5.74) is 0.669. The molecule has 0 radical (unpaired) electrons. The Balaban J connectivity index is 1.73. The second kappa shape index (κ2) is 5.79. The van der Waals surface area contributed by atoms with Crippen molar-refractivity contribution in [3.63, 3.8) is 0 Å². The molecule has 0 saturated heterocycles. The zero-order chi connectivity index (χ0) is 13.9. The van der Waals surface area contributed by atoms with Crippen LogP contribution in [0, 0.1) is 5.92 Å². The normalized spacial score (nSPS) is 16.4. The van der Waals surface area contributed by atoms with E-state index >= 15 is 0 Å². The molecule has 2 heterocycles. The number of carbonyl (C=O) groups is 1. The highest BCUT2D eigenvalue weighted by Gasteiger charge is 2.18. The van der Waals surface area contributed by atoms with Crippen molar-refractivity contribution >= 4 is 29.0 Å². The summed E-state index contributed by atoms with van der Waals surface area (Å²) in [6.07, 6.45) is 11.6. The molecule has 106 valence electrons. The van der Waals surface area contributed by atoms with Gasteiger partial charge in [-0.15, -0.1) is 0 Å². The molecular formula is C14H17ClN4O. The van der Waals surface area contributed by atoms with E-state index in [2.05, 4.69) is 15.3 Å². The molecule has 0 atom stereocenters. The number of rotatable bonds is 3. The number of aromatic nitrogens is 3. The van der Waals surface area contributed by atoms with Gasteiger partial charge in [0.1, 0.15) is 0 Å². The van der Waals surface area contributed by atoms with Crippen LogP contribution in [0.5, 0.6) is 0 Å². The lowest BCUT2D eigenvalue weighted by Crippen LogP contribution is -2.20. The quantitative estimate of drug-likeness (QED) is 0.944. The van der Waals surface area contributed by atoms with Crippen LogP contribution in [0.25, 0.3) is 5.65 Å². The number of nitrogens with zero attached hydrogens (tertiary/aromatic N) is 3. The lowest BCUT2D eigenvalue weighted by atomic mass is 9.87. The molecule has 0 aromatic carbocycles. The van der Waals surface area contributed by atoms with Gasteiger partial charge < -0.3 is 5.32 Å². The van der Waals surface area contributed by atoms with Crippen molar-refractivity contribution in [2.24, 2.45) is 5.92 Å². The highest BCUT2D eigenvalue weighted by Crippen LogP contribution is 2.27. The van der Waals surface area contributed by atoms with Crippen molar-refractivity contribution in [1.82, 2.24) is 14.4 Å². The summed E-state index contributed by atoms with van der Waals surface area (Å²) in [6.45, 7) is 0. The van der Waals surface area contributed by atoms with Crippen molar-refractivity contribution < 1.29 is 4.79 Å². The summed E-state index contributed by atoms with van der Waals surface area (Å²) in [4.78, 5) is 20.3. The number of carbonyl (C=O) groups excluding carboxylic acids is 1. The maximum Gasteiger partial charge on any atom is 0.225 e. The van der Waals surface area contributed by atoms with E-state index in [-0.39, 0.29) is 11.1 Å². The van der Waals surface area contributed by atoms with Gasteiger partial charge in [0.05, 0.1) is 6.20 Å². The zero-order valence-corrected chi connectivity index (χ0v) is 11.9. The number of hydrogen-bond donors (Lipinski definition) is 1. The molecule has 1 fully saturated rings.